The second-order valence-corrected chi connectivity index (χ2v) is 12.9. The van der Waals surface area contributed by atoms with E-state index < -0.39 is 59.1 Å². The van der Waals surface area contributed by atoms with Crippen molar-refractivity contribution in [1.82, 2.24) is 19.7 Å². The third kappa shape index (κ3) is 5.86. The van der Waals surface area contributed by atoms with Crippen molar-refractivity contribution in [2.45, 2.75) is 78.1 Å². The van der Waals surface area contributed by atoms with Crippen LogP contribution in [0.5, 0.6) is 0 Å². The maximum Gasteiger partial charge on any atom is 0.433 e. The van der Waals surface area contributed by atoms with E-state index in [0.29, 0.717) is 6.42 Å². The standard InChI is InChI=1S/C27H31Cl2F3N4O4/c1-25(2,3)16-9-19(16)35(13-20(37)21-17(28)11-33-12-18(21)29)23(38)15-10-34-36(22(15)27(30,31)32)14-5-7-26(4,8-6-14)24(39)40/h10-12,14,16,19H,5-9,13H2,1-4H3,(H,39,40)/t14-,16-,19-,26-/m1/s1. The Morgan fingerprint density at radius 2 is 1.68 bits per heavy atom. The number of ketones is 1. The first-order valence-corrected chi connectivity index (χ1v) is 13.7. The summed E-state index contributed by atoms with van der Waals surface area (Å²) in [6.07, 6.45) is -0.363. The molecule has 2 aliphatic rings. The topological polar surface area (TPSA) is 105 Å². The summed E-state index contributed by atoms with van der Waals surface area (Å²) in [6, 6.07) is -1.19. The van der Waals surface area contributed by atoms with E-state index >= 15 is 0 Å². The van der Waals surface area contributed by atoms with E-state index in [2.05, 4.69) is 10.1 Å². The fraction of sp³-hybridized carbons (Fsp3) is 0.593. The zero-order valence-corrected chi connectivity index (χ0v) is 24.1. The van der Waals surface area contributed by atoms with Gasteiger partial charge in [0.1, 0.15) is 0 Å². The number of hydrogen-bond donors (Lipinski definition) is 1. The van der Waals surface area contributed by atoms with Gasteiger partial charge in [-0.05, 0) is 50.4 Å². The van der Waals surface area contributed by atoms with Crippen LogP contribution < -0.4 is 0 Å². The third-order valence-electron chi connectivity index (χ3n) is 8.19. The Hall–Kier alpha value is -2.66. The molecule has 0 aliphatic heterocycles. The van der Waals surface area contributed by atoms with Crippen LogP contribution in [-0.2, 0) is 11.0 Å². The fourth-order valence-corrected chi connectivity index (χ4v) is 6.21. The summed E-state index contributed by atoms with van der Waals surface area (Å²) in [6.45, 7) is 6.94. The van der Waals surface area contributed by atoms with Crippen LogP contribution in [0.4, 0.5) is 13.2 Å². The predicted octanol–water partition coefficient (Wildman–Crippen LogP) is 6.57. The predicted molar refractivity (Wildman–Crippen MR) is 141 cm³/mol. The molecule has 2 aromatic heterocycles. The lowest BCUT2D eigenvalue weighted by Crippen LogP contribution is -2.40. The van der Waals surface area contributed by atoms with Gasteiger partial charge in [0, 0.05) is 18.4 Å². The minimum atomic E-state index is -4.92. The van der Waals surface area contributed by atoms with E-state index in [1.807, 2.05) is 20.8 Å². The summed E-state index contributed by atoms with van der Waals surface area (Å²) in [4.78, 5) is 43.7. The molecule has 1 amide bonds. The van der Waals surface area contributed by atoms with Crippen LogP contribution in [0.3, 0.4) is 0 Å². The fourth-order valence-electron chi connectivity index (χ4n) is 5.64. The van der Waals surface area contributed by atoms with E-state index in [4.69, 9.17) is 23.2 Å². The molecule has 0 aromatic carbocycles. The molecule has 8 nitrogen and oxygen atoms in total. The van der Waals surface area contributed by atoms with Crippen LogP contribution in [0.2, 0.25) is 10.0 Å². The van der Waals surface area contributed by atoms with Crippen LogP contribution in [0, 0.1) is 16.7 Å². The Morgan fingerprint density at radius 1 is 1.10 bits per heavy atom. The van der Waals surface area contributed by atoms with Crippen molar-refractivity contribution in [2.75, 3.05) is 6.54 Å². The first-order chi connectivity index (χ1) is 18.5. The average Bonchev–Trinajstić information content (AvgIpc) is 3.52. The molecule has 2 heterocycles. The summed E-state index contributed by atoms with van der Waals surface area (Å²) >= 11 is 12.3. The van der Waals surface area contributed by atoms with Gasteiger partial charge in [-0.3, -0.25) is 24.0 Å². The highest BCUT2D eigenvalue weighted by molar-refractivity contribution is 6.39. The van der Waals surface area contributed by atoms with Gasteiger partial charge >= 0.3 is 12.1 Å². The second kappa shape index (κ2) is 10.6. The van der Waals surface area contributed by atoms with Crippen molar-refractivity contribution in [1.29, 1.82) is 0 Å². The second-order valence-electron chi connectivity index (χ2n) is 12.1. The smallest absolute Gasteiger partial charge is 0.433 e. The molecule has 0 unspecified atom stereocenters. The Kier molecular flexibility index (Phi) is 8.05. The quantitative estimate of drug-likeness (QED) is 0.359. The number of aliphatic carboxylic acids is 1. The van der Waals surface area contributed by atoms with Gasteiger partial charge in [0.25, 0.3) is 5.91 Å². The van der Waals surface area contributed by atoms with Crippen LogP contribution in [0.15, 0.2) is 18.6 Å². The van der Waals surface area contributed by atoms with Crippen LogP contribution in [0.25, 0.3) is 0 Å². The molecule has 218 valence electrons. The van der Waals surface area contributed by atoms with Crippen molar-refractivity contribution in [3.8, 4) is 0 Å². The van der Waals surface area contributed by atoms with E-state index in [0.717, 1.165) is 10.9 Å². The van der Waals surface area contributed by atoms with Gasteiger partial charge in [0.2, 0.25) is 0 Å². The maximum atomic E-state index is 14.5. The SMILES string of the molecule is CC(C)(C)[C@@H]1C[C@H]1N(CC(=O)c1c(Cl)cncc1Cl)C(=O)c1cnn([C@H]2CC[C@](C)(C(=O)O)CC2)c1C(F)(F)F. The van der Waals surface area contributed by atoms with Gasteiger partial charge in [-0.25, -0.2) is 0 Å². The van der Waals surface area contributed by atoms with Crippen LogP contribution >= 0.6 is 23.2 Å². The number of nitrogens with zero attached hydrogens (tertiary/aromatic N) is 4. The zero-order chi connectivity index (χ0) is 29.8. The minimum absolute atomic E-state index is 0.0254. The number of amides is 1. The normalized spacial score (nSPS) is 25.0. The lowest BCUT2D eigenvalue weighted by Gasteiger charge is -2.34. The molecule has 2 aromatic rings. The highest BCUT2D eigenvalue weighted by Gasteiger charge is 2.52. The third-order valence-corrected chi connectivity index (χ3v) is 8.76. The Morgan fingerprint density at radius 3 is 2.15 bits per heavy atom. The molecule has 0 radical (unpaired) electrons. The van der Waals surface area contributed by atoms with Crippen molar-refractivity contribution < 1.29 is 32.7 Å². The number of halogens is 5. The summed E-state index contributed by atoms with van der Waals surface area (Å²) in [7, 11) is 0. The van der Waals surface area contributed by atoms with Gasteiger partial charge in [-0.1, -0.05) is 44.0 Å². The number of hydrogen-bond acceptors (Lipinski definition) is 5. The molecule has 13 heteroatoms. The number of carbonyl (C=O) groups excluding carboxylic acids is 2. The Bertz CT molecular complexity index is 1310. The van der Waals surface area contributed by atoms with Gasteiger partial charge in [0.15, 0.2) is 11.5 Å². The van der Waals surface area contributed by atoms with Crippen LogP contribution in [-0.4, -0.2) is 55.0 Å². The number of carboxylic acid groups (broad SMARTS) is 1. The molecular weight excluding hydrogens is 572 g/mol. The van der Waals surface area contributed by atoms with E-state index in [-0.39, 0.29) is 52.6 Å². The molecule has 2 fully saturated rings. The molecule has 4 rings (SSSR count). The number of aromatic nitrogens is 3. The van der Waals surface area contributed by atoms with Gasteiger partial charge in [-0.2, -0.15) is 18.3 Å². The average molecular weight is 603 g/mol. The van der Waals surface area contributed by atoms with E-state index in [9.17, 15) is 32.7 Å². The van der Waals surface area contributed by atoms with Crippen LogP contribution in [0.1, 0.15) is 92.3 Å². The number of rotatable bonds is 7. The largest absolute Gasteiger partial charge is 0.481 e. The van der Waals surface area contributed by atoms with Gasteiger partial charge < -0.3 is 10.0 Å². The monoisotopic (exact) mass is 602 g/mol. The molecule has 0 bridgehead atoms. The molecular formula is C27H31Cl2F3N4O4. The number of pyridine rings is 1. The summed E-state index contributed by atoms with van der Waals surface area (Å²) in [5, 5.41) is 13.4. The summed E-state index contributed by atoms with van der Waals surface area (Å²) in [5.41, 5.74) is -3.19. The van der Waals surface area contributed by atoms with Crippen molar-refractivity contribution in [3.63, 3.8) is 0 Å². The van der Waals surface area contributed by atoms with E-state index in [1.54, 1.807) is 6.92 Å². The molecule has 0 spiro atoms. The molecule has 40 heavy (non-hydrogen) atoms. The maximum absolute atomic E-state index is 14.5. The Labute approximate surface area is 239 Å². The summed E-state index contributed by atoms with van der Waals surface area (Å²) in [5.74, 6) is -2.61. The minimum Gasteiger partial charge on any atom is -0.481 e. The highest BCUT2D eigenvalue weighted by Crippen LogP contribution is 2.49. The number of carbonyl (C=O) groups is 3. The first-order valence-electron chi connectivity index (χ1n) is 13.0. The molecule has 2 aliphatic carbocycles. The molecule has 0 saturated heterocycles. The summed E-state index contributed by atoms with van der Waals surface area (Å²) < 4.78 is 44.3. The van der Waals surface area contributed by atoms with Gasteiger partial charge in [0.05, 0.1) is 45.4 Å². The molecule has 1 N–H and O–H groups in total. The van der Waals surface area contributed by atoms with Crippen molar-refractivity contribution >= 4 is 40.9 Å². The lowest BCUT2D eigenvalue weighted by molar-refractivity contribution is -0.152. The lowest BCUT2D eigenvalue weighted by atomic mass is 9.74. The van der Waals surface area contributed by atoms with Crippen molar-refractivity contribution in [3.05, 3.63) is 45.5 Å². The Balaban J connectivity index is 1.70. The zero-order valence-electron chi connectivity index (χ0n) is 22.6. The number of alkyl halides is 3. The first kappa shape index (κ1) is 30.3. The highest BCUT2D eigenvalue weighted by atomic mass is 35.5. The van der Waals surface area contributed by atoms with Gasteiger partial charge in [-0.15, -0.1) is 0 Å². The molecule has 2 atom stereocenters. The van der Waals surface area contributed by atoms with E-state index in [1.165, 1.54) is 17.3 Å². The number of carboxylic acids is 1. The molecule has 2 saturated carbocycles. The number of Topliss-reactive ketones (excluding diaryl/α,β-unsaturated/α-hetero) is 1. The van der Waals surface area contributed by atoms with Crippen molar-refractivity contribution in [2.24, 2.45) is 16.7 Å².